The summed E-state index contributed by atoms with van der Waals surface area (Å²) in [5.74, 6) is 7.89. The first-order valence-electron chi connectivity index (χ1n) is 9.17. The van der Waals surface area contributed by atoms with Crippen molar-refractivity contribution in [3.05, 3.63) is 23.0 Å². The second-order valence-corrected chi connectivity index (χ2v) is 8.48. The normalized spacial score (nSPS) is 47.2. The third-order valence-corrected chi connectivity index (χ3v) is 7.70. The molecule has 23 heavy (non-hydrogen) atoms. The number of ether oxygens (including phenoxy) is 1. The van der Waals surface area contributed by atoms with Crippen LogP contribution in [0.2, 0.25) is 0 Å². The number of ketones is 1. The van der Waals surface area contributed by atoms with Crippen LogP contribution in [0, 0.1) is 47.3 Å². The molecule has 0 N–H and O–H groups in total. The van der Waals surface area contributed by atoms with Crippen LogP contribution in [0.3, 0.4) is 0 Å². The van der Waals surface area contributed by atoms with Gasteiger partial charge in [-0.05, 0) is 54.4 Å². The Morgan fingerprint density at radius 2 is 2.26 bits per heavy atom. The van der Waals surface area contributed by atoms with Crippen molar-refractivity contribution >= 4 is 5.78 Å². The number of fused-ring (bicyclic) bond motifs is 3. The second kappa shape index (κ2) is 4.53. The lowest BCUT2D eigenvalue weighted by Gasteiger charge is -2.53. The molecule has 0 aromatic carbocycles. The van der Waals surface area contributed by atoms with Crippen molar-refractivity contribution in [2.24, 2.45) is 35.0 Å². The summed E-state index contributed by atoms with van der Waals surface area (Å²) in [6, 6.07) is 0. The standard InChI is InChI=1S/C21H24O2/c1-3-13-4-5-15-16-10-19-18-9-14(22)6-7-21(18,11-23-19)17(16)8-12(2)20(13)15/h1,4,12,15-17,20H,5-11H2,2H3/t12-,15?,16?,17?,20?,21+/m1/s1. The van der Waals surface area contributed by atoms with Gasteiger partial charge in [0.1, 0.15) is 5.78 Å². The molecule has 0 aromatic rings. The summed E-state index contributed by atoms with van der Waals surface area (Å²) < 4.78 is 6.16. The Bertz CT molecular complexity index is 691. The Kier molecular flexibility index (Phi) is 2.74. The van der Waals surface area contributed by atoms with Crippen LogP contribution in [0.25, 0.3) is 0 Å². The molecule has 1 heterocycles. The molecule has 4 aliphatic carbocycles. The fourth-order valence-electron chi connectivity index (χ4n) is 6.78. The molecule has 2 fully saturated rings. The molecule has 1 aliphatic heterocycles. The molecule has 2 nitrogen and oxygen atoms in total. The van der Waals surface area contributed by atoms with Crippen LogP contribution in [0.15, 0.2) is 23.0 Å². The van der Waals surface area contributed by atoms with Gasteiger partial charge in [-0.25, -0.2) is 0 Å². The maximum Gasteiger partial charge on any atom is 0.137 e. The quantitative estimate of drug-likeness (QED) is 0.635. The average Bonchev–Trinajstić information content (AvgIpc) is 3.09. The summed E-state index contributed by atoms with van der Waals surface area (Å²) in [5, 5.41) is 0. The highest BCUT2D eigenvalue weighted by Gasteiger charge is 2.61. The second-order valence-electron chi connectivity index (χ2n) is 8.48. The van der Waals surface area contributed by atoms with Gasteiger partial charge >= 0.3 is 0 Å². The monoisotopic (exact) mass is 308 g/mol. The highest BCUT2D eigenvalue weighted by molar-refractivity contribution is 5.83. The molecule has 5 rings (SSSR count). The van der Waals surface area contributed by atoms with Crippen molar-refractivity contribution in [1.29, 1.82) is 0 Å². The third kappa shape index (κ3) is 1.64. The van der Waals surface area contributed by atoms with Gasteiger partial charge in [0.15, 0.2) is 0 Å². The Morgan fingerprint density at radius 3 is 3.09 bits per heavy atom. The molecule has 5 aliphatic rings. The summed E-state index contributed by atoms with van der Waals surface area (Å²) in [5.41, 5.74) is 2.83. The molecule has 2 bridgehead atoms. The number of terminal acetylenes is 1. The predicted molar refractivity (Wildman–Crippen MR) is 88.2 cm³/mol. The Labute approximate surface area is 138 Å². The van der Waals surface area contributed by atoms with Crippen LogP contribution in [0.4, 0.5) is 0 Å². The lowest BCUT2D eigenvalue weighted by atomic mass is 9.48. The molecule has 120 valence electrons. The van der Waals surface area contributed by atoms with E-state index in [0.29, 0.717) is 41.8 Å². The lowest BCUT2D eigenvalue weighted by Crippen LogP contribution is -2.50. The van der Waals surface area contributed by atoms with Crippen LogP contribution in [0.5, 0.6) is 0 Å². The highest BCUT2D eigenvalue weighted by Crippen LogP contribution is 2.66. The van der Waals surface area contributed by atoms with Crippen LogP contribution in [0.1, 0.15) is 45.4 Å². The molecule has 2 heteroatoms. The molecule has 0 saturated heterocycles. The average molecular weight is 308 g/mol. The number of hydrogen-bond acceptors (Lipinski definition) is 2. The first-order chi connectivity index (χ1) is 11.1. The van der Waals surface area contributed by atoms with Crippen molar-refractivity contribution in [1.82, 2.24) is 0 Å². The summed E-state index contributed by atoms with van der Waals surface area (Å²) in [7, 11) is 0. The van der Waals surface area contributed by atoms with Crippen molar-refractivity contribution < 1.29 is 9.53 Å². The fraction of sp³-hybridized carbons (Fsp3) is 0.667. The van der Waals surface area contributed by atoms with E-state index >= 15 is 0 Å². The van der Waals surface area contributed by atoms with E-state index in [-0.39, 0.29) is 5.41 Å². The van der Waals surface area contributed by atoms with Crippen LogP contribution in [-0.2, 0) is 9.53 Å². The molecule has 2 saturated carbocycles. The van der Waals surface area contributed by atoms with Crippen molar-refractivity contribution in [3.63, 3.8) is 0 Å². The zero-order valence-corrected chi connectivity index (χ0v) is 13.8. The van der Waals surface area contributed by atoms with Gasteiger partial charge in [-0.2, -0.15) is 0 Å². The highest BCUT2D eigenvalue weighted by atomic mass is 16.5. The van der Waals surface area contributed by atoms with Gasteiger partial charge in [0, 0.05) is 30.3 Å². The van der Waals surface area contributed by atoms with E-state index in [4.69, 9.17) is 11.2 Å². The van der Waals surface area contributed by atoms with Crippen molar-refractivity contribution in [2.45, 2.75) is 45.4 Å². The van der Waals surface area contributed by atoms with Gasteiger partial charge in [-0.3, -0.25) is 4.79 Å². The van der Waals surface area contributed by atoms with E-state index in [1.807, 2.05) is 0 Å². The van der Waals surface area contributed by atoms with Gasteiger partial charge in [-0.15, -0.1) is 6.42 Å². The van der Waals surface area contributed by atoms with Gasteiger partial charge < -0.3 is 4.74 Å². The molecule has 0 spiro atoms. The molecule has 6 atom stereocenters. The predicted octanol–water partition coefficient (Wildman–Crippen LogP) is 3.88. The van der Waals surface area contributed by atoms with E-state index in [1.165, 1.54) is 23.3 Å². The largest absolute Gasteiger partial charge is 0.497 e. The molecular weight excluding hydrogens is 284 g/mol. The van der Waals surface area contributed by atoms with Crippen molar-refractivity contribution in [2.75, 3.05) is 6.61 Å². The summed E-state index contributed by atoms with van der Waals surface area (Å²) in [6.07, 6.45) is 14.0. The first kappa shape index (κ1) is 13.9. The topological polar surface area (TPSA) is 26.3 Å². The van der Waals surface area contributed by atoms with Crippen LogP contribution >= 0.6 is 0 Å². The maximum atomic E-state index is 12.0. The Balaban J connectivity index is 1.57. The third-order valence-electron chi connectivity index (χ3n) is 7.70. The molecular formula is C21H24O2. The number of carbonyl (C=O) groups excluding carboxylic acids is 1. The minimum absolute atomic E-state index is 0.185. The number of Topliss-reactive ketones (excluding diaryl/α,β-unsaturated/α-hetero) is 1. The van der Waals surface area contributed by atoms with E-state index in [1.54, 1.807) is 0 Å². The minimum Gasteiger partial charge on any atom is -0.497 e. The van der Waals surface area contributed by atoms with Crippen molar-refractivity contribution in [3.8, 4) is 12.3 Å². The zero-order chi connectivity index (χ0) is 15.8. The maximum absolute atomic E-state index is 12.0. The summed E-state index contributed by atoms with van der Waals surface area (Å²) >= 11 is 0. The lowest BCUT2D eigenvalue weighted by molar-refractivity contribution is -0.122. The number of allylic oxidation sites excluding steroid dienone is 3. The summed E-state index contributed by atoms with van der Waals surface area (Å²) in [6.45, 7) is 3.23. The Morgan fingerprint density at radius 1 is 1.39 bits per heavy atom. The van der Waals surface area contributed by atoms with Gasteiger partial charge in [-0.1, -0.05) is 18.9 Å². The number of rotatable bonds is 0. The minimum atomic E-state index is 0.185. The first-order valence-corrected chi connectivity index (χ1v) is 9.17. The van der Waals surface area contributed by atoms with Gasteiger partial charge in [0.05, 0.1) is 12.4 Å². The smallest absolute Gasteiger partial charge is 0.137 e. The number of carbonyl (C=O) groups is 1. The fourth-order valence-corrected chi connectivity index (χ4v) is 6.78. The van der Waals surface area contributed by atoms with Crippen LogP contribution < -0.4 is 0 Å². The SMILES string of the molecule is C#CC1=CCC2C3CC4=C5CC(=O)CC[C@]5(CO4)C3C[C@@H](C)C12. The molecule has 0 amide bonds. The van der Waals surface area contributed by atoms with E-state index in [2.05, 4.69) is 18.9 Å². The number of hydrogen-bond donors (Lipinski definition) is 0. The molecule has 0 radical (unpaired) electrons. The van der Waals surface area contributed by atoms with E-state index < -0.39 is 0 Å². The van der Waals surface area contributed by atoms with Crippen LogP contribution in [-0.4, -0.2) is 12.4 Å². The Hall–Kier alpha value is -1.49. The molecule has 4 unspecified atom stereocenters. The van der Waals surface area contributed by atoms with E-state index in [0.717, 1.165) is 32.3 Å². The van der Waals surface area contributed by atoms with Gasteiger partial charge in [0.25, 0.3) is 0 Å². The molecule has 0 aromatic heterocycles. The summed E-state index contributed by atoms with van der Waals surface area (Å²) in [4.78, 5) is 12.0. The zero-order valence-electron chi connectivity index (χ0n) is 13.8. The van der Waals surface area contributed by atoms with Gasteiger partial charge in [0.2, 0.25) is 0 Å². The van der Waals surface area contributed by atoms with E-state index in [9.17, 15) is 4.79 Å².